The second-order valence-corrected chi connectivity index (χ2v) is 5.59. The molecule has 0 saturated carbocycles. The highest BCUT2D eigenvalue weighted by Crippen LogP contribution is 2.18. The molecule has 0 aromatic heterocycles. The number of benzene rings is 1. The lowest BCUT2D eigenvalue weighted by atomic mass is 10.0. The van der Waals surface area contributed by atoms with Crippen LogP contribution in [-0.2, 0) is 16.1 Å². The smallest absolute Gasteiger partial charge is 0.111 e. The zero-order chi connectivity index (χ0) is 16.9. The lowest BCUT2D eigenvalue weighted by Crippen LogP contribution is -2.15. The van der Waals surface area contributed by atoms with Crippen LogP contribution in [0, 0.1) is 0 Å². The highest BCUT2D eigenvalue weighted by Gasteiger charge is 2.12. The molecular weight excluding hydrogens is 284 g/mol. The summed E-state index contributed by atoms with van der Waals surface area (Å²) in [7, 11) is 0. The Balaban J connectivity index is 2.51. The molecule has 0 amide bonds. The summed E-state index contributed by atoms with van der Waals surface area (Å²) in [5.41, 5.74) is 2.30. The molecule has 0 spiro atoms. The Bertz CT molecular complexity index is 488. The normalized spacial score (nSPS) is 12.3. The van der Waals surface area contributed by atoms with Gasteiger partial charge in [0.1, 0.15) is 5.76 Å². The van der Waals surface area contributed by atoms with Gasteiger partial charge < -0.3 is 9.47 Å². The Morgan fingerprint density at radius 2 is 1.91 bits per heavy atom. The first-order valence-electron chi connectivity index (χ1n) is 8.48. The van der Waals surface area contributed by atoms with Gasteiger partial charge in [-0.3, -0.25) is 0 Å². The summed E-state index contributed by atoms with van der Waals surface area (Å²) < 4.78 is 11.4. The van der Waals surface area contributed by atoms with E-state index in [1.54, 1.807) is 0 Å². The summed E-state index contributed by atoms with van der Waals surface area (Å²) in [6, 6.07) is 10.3. The quantitative estimate of drug-likeness (QED) is 0.275. The van der Waals surface area contributed by atoms with E-state index in [-0.39, 0.29) is 6.10 Å². The van der Waals surface area contributed by atoms with Crippen LogP contribution in [0.5, 0.6) is 0 Å². The first kappa shape index (κ1) is 19.2. The van der Waals surface area contributed by atoms with Crippen molar-refractivity contribution in [1.82, 2.24) is 0 Å². The van der Waals surface area contributed by atoms with Crippen molar-refractivity contribution in [3.63, 3.8) is 0 Å². The van der Waals surface area contributed by atoms with Crippen molar-refractivity contribution < 1.29 is 9.47 Å². The van der Waals surface area contributed by atoms with Crippen molar-refractivity contribution in [2.24, 2.45) is 0 Å². The average Bonchev–Trinajstić information content (AvgIpc) is 2.56. The summed E-state index contributed by atoms with van der Waals surface area (Å²) in [6.45, 7) is 13.5. The molecule has 1 aromatic carbocycles. The fourth-order valence-electron chi connectivity index (χ4n) is 2.27. The van der Waals surface area contributed by atoms with Crippen molar-refractivity contribution in [2.45, 2.75) is 52.2 Å². The Labute approximate surface area is 141 Å². The standard InChI is InChI=1S/C21H30O2/c1-5-7-16-21(23-17-20-14-9-8-10-15-20)18(3)12-11-13-19(4)22-6-2/h8-11,13-15,21H,3-7,12,16-17H2,1-2H3/b13-11-. The van der Waals surface area contributed by atoms with Gasteiger partial charge in [0.25, 0.3) is 0 Å². The topological polar surface area (TPSA) is 18.5 Å². The Hall–Kier alpha value is -1.80. The molecule has 0 aliphatic rings. The van der Waals surface area contributed by atoms with Crippen molar-refractivity contribution in [2.75, 3.05) is 6.61 Å². The maximum Gasteiger partial charge on any atom is 0.111 e. The van der Waals surface area contributed by atoms with Crippen LogP contribution in [0.3, 0.4) is 0 Å². The molecule has 0 saturated heterocycles. The van der Waals surface area contributed by atoms with Gasteiger partial charge in [-0.2, -0.15) is 0 Å². The molecular formula is C21H30O2. The van der Waals surface area contributed by atoms with E-state index in [0.717, 1.165) is 31.3 Å². The number of allylic oxidation sites excluding steroid dienone is 2. The first-order chi connectivity index (χ1) is 11.2. The van der Waals surface area contributed by atoms with Gasteiger partial charge in [0.05, 0.1) is 19.3 Å². The van der Waals surface area contributed by atoms with Crippen molar-refractivity contribution in [3.8, 4) is 0 Å². The van der Waals surface area contributed by atoms with Crippen LogP contribution < -0.4 is 0 Å². The molecule has 126 valence electrons. The molecule has 0 radical (unpaired) electrons. The molecule has 0 heterocycles. The van der Waals surface area contributed by atoms with E-state index in [9.17, 15) is 0 Å². The maximum absolute atomic E-state index is 6.11. The van der Waals surface area contributed by atoms with Crippen LogP contribution in [0.15, 0.2) is 67.0 Å². The Morgan fingerprint density at radius 3 is 2.57 bits per heavy atom. The maximum atomic E-state index is 6.11. The zero-order valence-corrected chi connectivity index (χ0v) is 14.6. The minimum Gasteiger partial charge on any atom is -0.495 e. The third-order valence-corrected chi connectivity index (χ3v) is 3.58. The lowest BCUT2D eigenvalue weighted by molar-refractivity contribution is 0.0565. The average molecular weight is 314 g/mol. The number of hydrogen-bond acceptors (Lipinski definition) is 2. The van der Waals surface area contributed by atoms with Crippen molar-refractivity contribution in [3.05, 3.63) is 72.5 Å². The van der Waals surface area contributed by atoms with Crippen LogP contribution in [0.25, 0.3) is 0 Å². The van der Waals surface area contributed by atoms with Crippen LogP contribution in [0.1, 0.15) is 45.1 Å². The van der Waals surface area contributed by atoms with Crippen LogP contribution >= 0.6 is 0 Å². The molecule has 1 atom stereocenters. The molecule has 0 aliphatic heterocycles. The molecule has 0 N–H and O–H groups in total. The highest BCUT2D eigenvalue weighted by atomic mass is 16.5. The van der Waals surface area contributed by atoms with Gasteiger partial charge in [-0.15, -0.1) is 0 Å². The molecule has 0 aliphatic carbocycles. The molecule has 2 heteroatoms. The van der Waals surface area contributed by atoms with E-state index >= 15 is 0 Å². The van der Waals surface area contributed by atoms with E-state index in [2.05, 4.69) is 32.2 Å². The lowest BCUT2D eigenvalue weighted by Gasteiger charge is -2.19. The molecule has 1 aromatic rings. The monoisotopic (exact) mass is 314 g/mol. The van der Waals surface area contributed by atoms with Crippen LogP contribution in [0.4, 0.5) is 0 Å². The van der Waals surface area contributed by atoms with E-state index in [0.29, 0.717) is 19.0 Å². The van der Waals surface area contributed by atoms with Gasteiger partial charge >= 0.3 is 0 Å². The van der Waals surface area contributed by atoms with Gasteiger partial charge in [0.2, 0.25) is 0 Å². The minimum absolute atomic E-state index is 0.0974. The van der Waals surface area contributed by atoms with Crippen LogP contribution in [0.2, 0.25) is 0 Å². The molecule has 1 unspecified atom stereocenters. The summed E-state index contributed by atoms with van der Waals surface area (Å²) in [6.07, 6.45) is 8.16. The summed E-state index contributed by atoms with van der Waals surface area (Å²) in [5, 5.41) is 0. The van der Waals surface area contributed by atoms with E-state index in [1.165, 1.54) is 5.56 Å². The molecule has 0 fully saturated rings. The largest absolute Gasteiger partial charge is 0.495 e. The molecule has 23 heavy (non-hydrogen) atoms. The first-order valence-corrected chi connectivity index (χ1v) is 8.48. The molecule has 1 rings (SSSR count). The number of unbranched alkanes of at least 4 members (excludes halogenated alkanes) is 1. The van der Waals surface area contributed by atoms with Crippen molar-refractivity contribution in [1.29, 1.82) is 0 Å². The predicted molar refractivity (Wildman–Crippen MR) is 98.2 cm³/mol. The molecule has 0 bridgehead atoms. The second-order valence-electron chi connectivity index (χ2n) is 5.59. The number of ether oxygens (including phenoxy) is 2. The van der Waals surface area contributed by atoms with Gasteiger partial charge in [-0.25, -0.2) is 0 Å². The van der Waals surface area contributed by atoms with E-state index in [1.807, 2.05) is 37.3 Å². The second kappa shape index (κ2) is 11.7. The SMILES string of the molecule is C=C(/C=C\CC(=C)C(CCCC)OCc1ccccc1)OCC. The molecule has 2 nitrogen and oxygen atoms in total. The third kappa shape index (κ3) is 8.41. The zero-order valence-electron chi connectivity index (χ0n) is 14.6. The number of hydrogen-bond donors (Lipinski definition) is 0. The predicted octanol–water partition coefficient (Wildman–Crippen LogP) is 5.81. The highest BCUT2D eigenvalue weighted by molar-refractivity contribution is 5.16. The minimum atomic E-state index is 0.0974. The Morgan fingerprint density at radius 1 is 1.17 bits per heavy atom. The van der Waals surface area contributed by atoms with E-state index in [4.69, 9.17) is 9.47 Å². The van der Waals surface area contributed by atoms with Gasteiger partial charge in [0, 0.05) is 0 Å². The van der Waals surface area contributed by atoms with E-state index < -0.39 is 0 Å². The summed E-state index contributed by atoms with van der Waals surface area (Å²) in [4.78, 5) is 0. The Kier molecular flexibility index (Phi) is 9.81. The fourth-order valence-corrected chi connectivity index (χ4v) is 2.27. The van der Waals surface area contributed by atoms with Crippen LogP contribution in [-0.4, -0.2) is 12.7 Å². The van der Waals surface area contributed by atoms with Gasteiger partial charge in [-0.1, -0.05) is 69.3 Å². The third-order valence-electron chi connectivity index (χ3n) is 3.58. The van der Waals surface area contributed by atoms with Gasteiger partial charge in [-0.05, 0) is 37.0 Å². The summed E-state index contributed by atoms with van der Waals surface area (Å²) >= 11 is 0. The van der Waals surface area contributed by atoms with Crippen molar-refractivity contribution >= 4 is 0 Å². The summed E-state index contributed by atoms with van der Waals surface area (Å²) in [5.74, 6) is 0.690. The fraction of sp³-hybridized carbons (Fsp3) is 0.429. The number of rotatable bonds is 12. The van der Waals surface area contributed by atoms with Gasteiger partial charge in [0.15, 0.2) is 0 Å².